The van der Waals surface area contributed by atoms with Crippen LogP contribution in [0.25, 0.3) is 11.2 Å². The second-order valence-electron chi connectivity index (χ2n) is 8.39. The lowest BCUT2D eigenvalue weighted by atomic mass is 10.0. The van der Waals surface area contributed by atoms with E-state index in [-0.39, 0.29) is 12.1 Å². The fraction of sp³-hybridized carbons (Fsp3) is 0.435. The molecular weight excluding hydrogens is 416 g/mol. The highest BCUT2D eigenvalue weighted by atomic mass is 19.1. The van der Waals surface area contributed by atoms with Gasteiger partial charge in [-0.3, -0.25) is 0 Å². The number of ether oxygens (including phenoxy) is 1. The molecule has 2 saturated heterocycles. The van der Waals surface area contributed by atoms with Crippen LogP contribution < -0.4 is 10.2 Å². The monoisotopic (exact) mass is 441 g/mol. The fourth-order valence-corrected chi connectivity index (χ4v) is 4.59. The molecule has 4 heterocycles. The molecule has 0 bridgehead atoms. The van der Waals surface area contributed by atoms with Gasteiger partial charge in [0.15, 0.2) is 5.65 Å². The maximum Gasteiger partial charge on any atom is 0.328 e. The molecule has 32 heavy (non-hydrogen) atoms. The molecule has 2 aromatic heterocycles. The second-order valence-corrected chi connectivity index (χ2v) is 8.39. The van der Waals surface area contributed by atoms with Crippen molar-refractivity contribution in [2.24, 2.45) is 5.92 Å². The summed E-state index contributed by atoms with van der Waals surface area (Å²) in [5, 5.41) is 2.97. The molecule has 9 heteroatoms. The molecule has 2 aliphatic rings. The standard InChI is InChI=1S/C23H25F2N5O2/c24-16-3-4-18(25)17(12-16)20-2-1-9-29(20)21-6-5-19-22(28-21)30(14-27-19)23(31)26-13-15-7-10-32-11-8-15/h3-6,12,14-15,20H,1-2,7-11,13H2,(H,26,31)/t20-/m1/s1. The van der Waals surface area contributed by atoms with E-state index in [0.29, 0.717) is 48.0 Å². The van der Waals surface area contributed by atoms with Crippen LogP contribution in [-0.2, 0) is 4.74 Å². The number of nitrogens with one attached hydrogen (secondary N) is 1. The molecule has 5 rings (SSSR count). The van der Waals surface area contributed by atoms with E-state index in [0.717, 1.165) is 44.6 Å². The van der Waals surface area contributed by atoms with Gasteiger partial charge in [-0.2, -0.15) is 0 Å². The number of benzene rings is 1. The number of nitrogens with zero attached hydrogens (tertiary/aromatic N) is 4. The van der Waals surface area contributed by atoms with Crippen LogP contribution in [0.5, 0.6) is 0 Å². The summed E-state index contributed by atoms with van der Waals surface area (Å²) < 4.78 is 35.0. The van der Waals surface area contributed by atoms with Gasteiger partial charge in [0, 0.05) is 31.9 Å². The van der Waals surface area contributed by atoms with Crippen molar-refractivity contribution in [1.29, 1.82) is 0 Å². The fourth-order valence-electron chi connectivity index (χ4n) is 4.59. The summed E-state index contributed by atoms with van der Waals surface area (Å²) in [6.07, 6.45) is 4.87. The van der Waals surface area contributed by atoms with Crippen molar-refractivity contribution in [1.82, 2.24) is 19.9 Å². The molecule has 3 aromatic rings. The number of carbonyl (C=O) groups is 1. The van der Waals surface area contributed by atoms with E-state index in [1.807, 2.05) is 11.0 Å². The SMILES string of the molecule is O=C(NCC1CCOCC1)n1cnc2ccc(N3CCC[C@@H]3c3cc(F)ccc3F)nc21. The van der Waals surface area contributed by atoms with E-state index in [9.17, 15) is 13.6 Å². The molecular formula is C23H25F2N5O2. The van der Waals surface area contributed by atoms with Gasteiger partial charge < -0.3 is 15.0 Å². The van der Waals surface area contributed by atoms with Crippen LogP contribution in [0.15, 0.2) is 36.7 Å². The molecule has 0 aliphatic carbocycles. The maximum atomic E-state index is 14.4. The molecule has 0 unspecified atom stereocenters. The van der Waals surface area contributed by atoms with Gasteiger partial charge in [0.25, 0.3) is 0 Å². The molecule has 1 atom stereocenters. The molecule has 1 aromatic carbocycles. The summed E-state index contributed by atoms with van der Waals surface area (Å²) in [6.45, 7) is 2.70. The quantitative estimate of drug-likeness (QED) is 0.662. The Morgan fingerprint density at radius 2 is 2.00 bits per heavy atom. The smallest absolute Gasteiger partial charge is 0.328 e. The summed E-state index contributed by atoms with van der Waals surface area (Å²) in [5.41, 5.74) is 1.37. The Morgan fingerprint density at radius 1 is 1.16 bits per heavy atom. The lowest BCUT2D eigenvalue weighted by molar-refractivity contribution is 0.0669. The van der Waals surface area contributed by atoms with Gasteiger partial charge in [-0.1, -0.05) is 0 Å². The van der Waals surface area contributed by atoms with Gasteiger partial charge in [0.05, 0.1) is 6.04 Å². The Kier molecular flexibility index (Phi) is 5.73. The van der Waals surface area contributed by atoms with E-state index in [2.05, 4.69) is 10.3 Å². The van der Waals surface area contributed by atoms with Crippen LogP contribution in [0.2, 0.25) is 0 Å². The summed E-state index contributed by atoms with van der Waals surface area (Å²) in [6, 6.07) is 6.57. The van der Waals surface area contributed by atoms with E-state index >= 15 is 0 Å². The van der Waals surface area contributed by atoms with Crippen molar-refractivity contribution < 1.29 is 18.3 Å². The van der Waals surface area contributed by atoms with Crippen LogP contribution in [0.3, 0.4) is 0 Å². The summed E-state index contributed by atoms with van der Waals surface area (Å²) >= 11 is 0. The topological polar surface area (TPSA) is 72.3 Å². The Hall–Kier alpha value is -3.07. The number of imidazole rings is 1. The first-order chi connectivity index (χ1) is 15.6. The van der Waals surface area contributed by atoms with Crippen LogP contribution in [-0.4, -0.2) is 46.9 Å². The van der Waals surface area contributed by atoms with Crippen molar-refractivity contribution in [3.8, 4) is 0 Å². The van der Waals surface area contributed by atoms with Gasteiger partial charge >= 0.3 is 6.03 Å². The average Bonchev–Trinajstić information content (AvgIpc) is 3.46. The lowest BCUT2D eigenvalue weighted by Gasteiger charge is -2.26. The molecule has 0 spiro atoms. The van der Waals surface area contributed by atoms with E-state index < -0.39 is 11.6 Å². The minimum absolute atomic E-state index is 0.280. The van der Waals surface area contributed by atoms with Gasteiger partial charge in [0.2, 0.25) is 0 Å². The maximum absolute atomic E-state index is 14.4. The summed E-state index contributed by atoms with van der Waals surface area (Å²) in [7, 11) is 0. The number of carbonyl (C=O) groups excluding carboxylic acids is 1. The van der Waals surface area contributed by atoms with Crippen molar-refractivity contribution in [3.05, 3.63) is 53.9 Å². The Morgan fingerprint density at radius 3 is 2.84 bits per heavy atom. The number of rotatable bonds is 4. The van der Waals surface area contributed by atoms with Crippen molar-refractivity contribution in [2.45, 2.75) is 31.7 Å². The second kappa shape index (κ2) is 8.82. The Bertz CT molecular complexity index is 1130. The first-order valence-electron chi connectivity index (χ1n) is 11.0. The molecule has 1 amide bonds. The number of amides is 1. The third kappa shape index (κ3) is 4.04. The zero-order valence-corrected chi connectivity index (χ0v) is 17.6. The highest BCUT2D eigenvalue weighted by Crippen LogP contribution is 2.37. The van der Waals surface area contributed by atoms with Gasteiger partial charge in [-0.05, 0) is 61.9 Å². The number of pyridine rings is 1. The lowest BCUT2D eigenvalue weighted by Crippen LogP contribution is -2.34. The molecule has 0 radical (unpaired) electrons. The minimum Gasteiger partial charge on any atom is -0.381 e. The summed E-state index contributed by atoms with van der Waals surface area (Å²) in [5.74, 6) is 0.123. The highest BCUT2D eigenvalue weighted by molar-refractivity contribution is 5.87. The number of halogens is 2. The average molecular weight is 441 g/mol. The minimum atomic E-state index is -0.462. The molecule has 2 fully saturated rings. The number of anilines is 1. The van der Waals surface area contributed by atoms with Crippen LogP contribution >= 0.6 is 0 Å². The van der Waals surface area contributed by atoms with Crippen LogP contribution in [0.4, 0.5) is 19.4 Å². The number of hydrogen-bond donors (Lipinski definition) is 1. The number of hydrogen-bond acceptors (Lipinski definition) is 5. The Labute approximate surface area is 184 Å². The first kappa shape index (κ1) is 20.8. The van der Waals surface area contributed by atoms with Crippen molar-refractivity contribution in [3.63, 3.8) is 0 Å². The molecule has 7 nitrogen and oxygen atoms in total. The molecule has 168 valence electrons. The van der Waals surface area contributed by atoms with Gasteiger partial charge in [-0.25, -0.2) is 28.1 Å². The highest BCUT2D eigenvalue weighted by Gasteiger charge is 2.30. The first-order valence-corrected chi connectivity index (χ1v) is 11.0. The van der Waals surface area contributed by atoms with Crippen LogP contribution in [0.1, 0.15) is 37.3 Å². The Balaban J connectivity index is 1.39. The van der Waals surface area contributed by atoms with E-state index in [4.69, 9.17) is 9.72 Å². The third-order valence-corrected chi connectivity index (χ3v) is 6.35. The molecule has 2 aliphatic heterocycles. The predicted octanol–water partition coefficient (Wildman–Crippen LogP) is 4.04. The normalized spacial score (nSPS) is 19.6. The van der Waals surface area contributed by atoms with Gasteiger partial charge in [0.1, 0.15) is 29.3 Å². The largest absolute Gasteiger partial charge is 0.381 e. The number of aromatic nitrogens is 3. The molecule has 1 N–H and O–H groups in total. The zero-order valence-electron chi connectivity index (χ0n) is 17.6. The number of fused-ring (bicyclic) bond motifs is 1. The van der Waals surface area contributed by atoms with E-state index in [1.54, 1.807) is 6.07 Å². The molecule has 0 saturated carbocycles. The van der Waals surface area contributed by atoms with Gasteiger partial charge in [-0.15, -0.1) is 0 Å². The zero-order chi connectivity index (χ0) is 22.1. The third-order valence-electron chi connectivity index (χ3n) is 6.35. The predicted molar refractivity (Wildman–Crippen MR) is 116 cm³/mol. The van der Waals surface area contributed by atoms with Crippen molar-refractivity contribution >= 4 is 23.0 Å². The summed E-state index contributed by atoms with van der Waals surface area (Å²) in [4.78, 5) is 23.8. The van der Waals surface area contributed by atoms with Crippen molar-refractivity contribution in [2.75, 3.05) is 31.2 Å². The van der Waals surface area contributed by atoms with E-state index in [1.165, 1.54) is 17.0 Å². The van der Waals surface area contributed by atoms with Crippen LogP contribution in [0, 0.1) is 17.6 Å².